The van der Waals surface area contributed by atoms with Gasteiger partial charge < -0.3 is 4.90 Å². The van der Waals surface area contributed by atoms with Gasteiger partial charge in [-0.05, 0) is 32.2 Å². The van der Waals surface area contributed by atoms with E-state index in [1.54, 1.807) is 0 Å². The smallest absolute Gasteiger partial charge is 0.0752 e. The molecule has 1 unspecified atom stereocenters. The van der Waals surface area contributed by atoms with Crippen molar-refractivity contribution < 1.29 is 0 Å². The van der Waals surface area contributed by atoms with Crippen molar-refractivity contribution in [3.8, 4) is 0 Å². The van der Waals surface area contributed by atoms with Gasteiger partial charge in [0.1, 0.15) is 0 Å². The lowest BCUT2D eigenvalue weighted by molar-refractivity contribution is 0.333. The Balaban J connectivity index is 4.00. The molecule has 64 valence electrons. The topological polar surface area (TPSA) is 15.6 Å². The van der Waals surface area contributed by atoms with Gasteiger partial charge >= 0.3 is 0 Å². The van der Waals surface area contributed by atoms with Crippen molar-refractivity contribution in [1.29, 1.82) is 0 Å². The zero-order chi connectivity index (χ0) is 8.85. The second kappa shape index (κ2) is 5.42. The van der Waals surface area contributed by atoms with Crippen LogP contribution in [-0.4, -0.2) is 36.7 Å². The highest BCUT2D eigenvalue weighted by Crippen LogP contribution is 2.05. The van der Waals surface area contributed by atoms with E-state index in [1.165, 1.54) is 0 Å². The highest BCUT2D eigenvalue weighted by Gasteiger charge is 2.11. The summed E-state index contributed by atoms with van der Waals surface area (Å²) >= 11 is 4.57. The minimum Gasteiger partial charge on any atom is -0.307 e. The Bertz CT molecular complexity index is 148. The molecule has 0 bridgehead atoms. The molecule has 1 atom stereocenters. The fraction of sp³-hybridized carbons (Fsp3) is 0.875. The van der Waals surface area contributed by atoms with Crippen LogP contribution in [-0.2, 0) is 0 Å². The molecule has 2 nitrogen and oxygen atoms in total. The minimum absolute atomic E-state index is 0.294. The molecule has 0 saturated carbocycles. The molecule has 0 fully saturated rings. The maximum absolute atomic E-state index is 4.57. The van der Waals surface area contributed by atoms with Crippen molar-refractivity contribution in [1.82, 2.24) is 4.90 Å². The molecule has 0 aromatic carbocycles. The van der Waals surface area contributed by atoms with Crippen molar-refractivity contribution >= 4 is 17.4 Å². The van der Waals surface area contributed by atoms with Crippen LogP contribution < -0.4 is 0 Å². The Labute approximate surface area is 74.3 Å². The molecule has 3 heteroatoms. The molecule has 0 aliphatic carbocycles. The number of nitrogens with zero attached hydrogens (tertiary/aromatic N) is 2. The van der Waals surface area contributed by atoms with Gasteiger partial charge in [-0.25, -0.2) is 4.99 Å². The van der Waals surface area contributed by atoms with E-state index in [2.05, 4.69) is 41.1 Å². The zero-order valence-electron chi connectivity index (χ0n) is 7.66. The molecule has 0 aliphatic heterocycles. The van der Waals surface area contributed by atoms with Gasteiger partial charge in [-0.3, -0.25) is 0 Å². The lowest BCUT2D eigenvalue weighted by Crippen LogP contribution is -2.28. The van der Waals surface area contributed by atoms with Crippen molar-refractivity contribution in [2.75, 3.05) is 20.6 Å². The summed E-state index contributed by atoms with van der Waals surface area (Å²) in [5.74, 6) is 0.535. The second-order valence-corrected chi connectivity index (χ2v) is 3.48. The van der Waals surface area contributed by atoms with Gasteiger partial charge in [0.15, 0.2) is 0 Å². The zero-order valence-corrected chi connectivity index (χ0v) is 8.48. The molecular weight excluding hydrogens is 156 g/mol. The quantitative estimate of drug-likeness (QED) is 0.473. The SMILES string of the molecule is CC(C)C(CN(C)C)N=C=S. The minimum atomic E-state index is 0.294. The third kappa shape index (κ3) is 5.08. The van der Waals surface area contributed by atoms with E-state index in [4.69, 9.17) is 0 Å². The Morgan fingerprint density at radius 1 is 1.45 bits per heavy atom. The number of thiocarbonyl (C=S) groups is 1. The average Bonchev–Trinajstić information content (AvgIpc) is 1.86. The van der Waals surface area contributed by atoms with Crippen LogP contribution in [0.5, 0.6) is 0 Å². The maximum atomic E-state index is 4.57. The fourth-order valence-electron chi connectivity index (χ4n) is 0.843. The van der Waals surface area contributed by atoms with Crippen molar-refractivity contribution in [2.45, 2.75) is 19.9 Å². The third-order valence-electron chi connectivity index (χ3n) is 1.54. The highest BCUT2D eigenvalue weighted by atomic mass is 32.1. The van der Waals surface area contributed by atoms with Crippen LogP contribution in [0.3, 0.4) is 0 Å². The van der Waals surface area contributed by atoms with Crippen LogP contribution in [0.25, 0.3) is 0 Å². The summed E-state index contributed by atoms with van der Waals surface area (Å²) in [6.45, 7) is 5.23. The first kappa shape index (κ1) is 10.8. The number of isothiocyanates is 1. The van der Waals surface area contributed by atoms with Gasteiger partial charge in [0.2, 0.25) is 0 Å². The van der Waals surface area contributed by atoms with E-state index in [0.29, 0.717) is 12.0 Å². The summed E-state index contributed by atoms with van der Waals surface area (Å²) in [5.41, 5.74) is 0. The lowest BCUT2D eigenvalue weighted by atomic mass is 10.1. The average molecular weight is 172 g/mol. The molecule has 11 heavy (non-hydrogen) atoms. The molecule has 0 spiro atoms. The number of rotatable bonds is 4. The van der Waals surface area contributed by atoms with Crippen molar-refractivity contribution in [3.63, 3.8) is 0 Å². The summed E-state index contributed by atoms with van der Waals surface area (Å²) in [5, 5.41) is 2.44. The number of hydrogen-bond acceptors (Lipinski definition) is 3. The van der Waals surface area contributed by atoms with Crippen LogP contribution >= 0.6 is 12.2 Å². The van der Waals surface area contributed by atoms with Gasteiger partial charge in [-0.1, -0.05) is 13.8 Å². The largest absolute Gasteiger partial charge is 0.307 e. The lowest BCUT2D eigenvalue weighted by Gasteiger charge is -2.19. The Hall–Kier alpha value is -0.240. The van der Waals surface area contributed by atoms with Crippen LogP contribution in [0.1, 0.15) is 13.8 Å². The van der Waals surface area contributed by atoms with Crippen LogP contribution in [0, 0.1) is 5.92 Å². The number of likely N-dealkylation sites (N-methyl/N-ethyl adjacent to an activating group) is 1. The summed E-state index contributed by atoms with van der Waals surface area (Å²) in [6.07, 6.45) is 0. The fourth-order valence-corrected chi connectivity index (χ4v) is 0.978. The van der Waals surface area contributed by atoms with E-state index < -0.39 is 0 Å². The molecule has 0 rings (SSSR count). The first-order valence-electron chi connectivity index (χ1n) is 3.79. The first-order chi connectivity index (χ1) is 5.07. The van der Waals surface area contributed by atoms with E-state index in [0.717, 1.165) is 6.54 Å². The summed E-state index contributed by atoms with van der Waals surface area (Å²) < 4.78 is 0. The van der Waals surface area contributed by atoms with Crippen molar-refractivity contribution in [3.05, 3.63) is 0 Å². The molecule has 0 saturated heterocycles. The Morgan fingerprint density at radius 2 is 2.00 bits per heavy atom. The normalized spacial score (nSPS) is 13.3. The molecule has 0 N–H and O–H groups in total. The Morgan fingerprint density at radius 3 is 2.27 bits per heavy atom. The predicted octanol–water partition coefficient (Wildman–Crippen LogP) is 1.68. The van der Waals surface area contributed by atoms with Crippen molar-refractivity contribution in [2.24, 2.45) is 10.9 Å². The van der Waals surface area contributed by atoms with Gasteiger partial charge in [-0.2, -0.15) is 0 Å². The monoisotopic (exact) mass is 172 g/mol. The molecule has 0 heterocycles. The third-order valence-corrected chi connectivity index (χ3v) is 1.65. The molecule has 0 aliphatic rings. The maximum Gasteiger partial charge on any atom is 0.0752 e. The molecule has 0 aromatic heterocycles. The summed E-state index contributed by atoms with van der Waals surface area (Å²) in [6, 6.07) is 0.294. The number of aliphatic imine (C=N–C) groups is 1. The molecule has 0 radical (unpaired) electrons. The first-order valence-corrected chi connectivity index (χ1v) is 4.20. The second-order valence-electron chi connectivity index (χ2n) is 3.29. The molecular formula is C8H16N2S. The molecule has 0 aromatic rings. The Kier molecular flexibility index (Phi) is 5.30. The predicted molar refractivity (Wildman–Crippen MR) is 52.2 cm³/mol. The van der Waals surface area contributed by atoms with E-state index in [-0.39, 0.29) is 0 Å². The highest BCUT2D eigenvalue weighted by molar-refractivity contribution is 7.78. The number of hydrogen-bond donors (Lipinski definition) is 0. The van der Waals surface area contributed by atoms with Gasteiger partial charge in [-0.15, -0.1) is 0 Å². The van der Waals surface area contributed by atoms with Gasteiger partial charge in [0.25, 0.3) is 0 Å². The van der Waals surface area contributed by atoms with E-state index in [9.17, 15) is 0 Å². The van der Waals surface area contributed by atoms with Crippen LogP contribution in [0.4, 0.5) is 0 Å². The van der Waals surface area contributed by atoms with E-state index >= 15 is 0 Å². The van der Waals surface area contributed by atoms with Crippen LogP contribution in [0.2, 0.25) is 0 Å². The van der Waals surface area contributed by atoms with Gasteiger partial charge in [0.05, 0.1) is 11.2 Å². The standard InChI is InChI=1S/C8H16N2S/c1-7(2)8(9-6-11)5-10(3)4/h7-8H,5H2,1-4H3. The summed E-state index contributed by atoms with van der Waals surface area (Å²) in [4.78, 5) is 6.20. The van der Waals surface area contributed by atoms with E-state index in [1.807, 2.05) is 14.1 Å². The molecule has 0 amide bonds. The van der Waals surface area contributed by atoms with Gasteiger partial charge in [0, 0.05) is 6.54 Å². The summed E-state index contributed by atoms with van der Waals surface area (Å²) in [7, 11) is 4.07. The van der Waals surface area contributed by atoms with Crippen LogP contribution in [0.15, 0.2) is 4.99 Å².